The van der Waals surface area contributed by atoms with E-state index in [4.69, 9.17) is 9.47 Å². The number of methoxy groups -OCH3 is 1. The fraction of sp³-hybridized carbons (Fsp3) is 0.190. The standard InChI is InChI=1S/C21H19FN2O4S/c1-14(25)24(17-6-4-3-5-7-17)21-23-16(13-29-21)12-28-20(26)11-15-8-9-19(27-2)18(22)10-15/h3-10,13H,11-12H2,1-2H3. The minimum Gasteiger partial charge on any atom is -0.494 e. The first-order valence-corrected chi connectivity index (χ1v) is 9.64. The van der Waals surface area contributed by atoms with Gasteiger partial charge in [-0.15, -0.1) is 11.3 Å². The van der Waals surface area contributed by atoms with Crippen molar-refractivity contribution in [2.24, 2.45) is 0 Å². The SMILES string of the molecule is COc1ccc(CC(=O)OCc2csc(N(C(C)=O)c3ccccc3)n2)cc1F. The number of ether oxygens (including phenoxy) is 2. The maximum absolute atomic E-state index is 13.7. The lowest BCUT2D eigenvalue weighted by atomic mass is 10.1. The smallest absolute Gasteiger partial charge is 0.310 e. The van der Waals surface area contributed by atoms with E-state index in [1.165, 1.54) is 42.4 Å². The number of thiazole rings is 1. The molecule has 0 saturated heterocycles. The van der Waals surface area contributed by atoms with Crippen molar-refractivity contribution in [1.29, 1.82) is 0 Å². The van der Waals surface area contributed by atoms with Gasteiger partial charge in [-0.05, 0) is 29.8 Å². The molecule has 0 aliphatic heterocycles. The Balaban J connectivity index is 1.62. The maximum atomic E-state index is 13.7. The maximum Gasteiger partial charge on any atom is 0.310 e. The number of benzene rings is 2. The van der Waals surface area contributed by atoms with Crippen LogP contribution in [0.1, 0.15) is 18.2 Å². The van der Waals surface area contributed by atoms with Gasteiger partial charge < -0.3 is 9.47 Å². The van der Waals surface area contributed by atoms with Crippen LogP contribution < -0.4 is 9.64 Å². The van der Waals surface area contributed by atoms with Gasteiger partial charge in [0, 0.05) is 12.3 Å². The normalized spacial score (nSPS) is 10.4. The van der Waals surface area contributed by atoms with Gasteiger partial charge in [-0.3, -0.25) is 14.5 Å². The number of amides is 1. The molecule has 2 aromatic carbocycles. The van der Waals surface area contributed by atoms with Crippen LogP contribution in [0.3, 0.4) is 0 Å². The van der Waals surface area contributed by atoms with E-state index in [1.54, 1.807) is 11.4 Å². The Bertz CT molecular complexity index is 1010. The first-order chi connectivity index (χ1) is 14.0. The van der Waals surface area contributed by atoms with E-state index >= 15 is 0 Å². The monoisotopic (exact) mass is 414 g/mol. The molecule has 8 heteroatoms. The minimum absolute atomic E-state index is 0.0332. The number of hydrogen-bond donors (Lipinski definition) is 0. The number of nitrogens with zero attached hydrogens (tertiary/aromatic N) is 2. The van der Waals surface area contributed by atoms with E-state index in [2.05, 4.69) is 4.98 Å². The van der Waals surface area contributed by atoms with Crippen LogP contribution in [0, 0.1) is 5.82 Å². The molecule has 1 aromatic heterocycles. The van der Waals surface area contributed by atoms with Gasteiger partial charge in [-0.2, -0.15) is 0 Å². The van der Waals surface area contributed by atoms with Gasteiger partial charge >= 0.3 is 5.97 Å². The second-order valence-electron chi connectivity index (χ2n) is 6.12. The van der Waals surface area contributed by atoms with Gasteiger partial charge in [0.15, 0.2) is 16.7 Å². The zero-order valence-electron chi connectivity index (χ0n) is 15.9. The molecule has 0 aliphatic carbocycles. The molecule has 0 bridgehead atoms. The molecule has 0 unspecified atom stereocenters. The number of hydrogen-bond acceptors (Lipinski definition) is 6. The third-order valence-electron chi connectivity index (χ3n) is 4.01. The quantitative estimate of drug-likeness (QED) is 0.541. The number of aromatic nitrogens is 1. The molecule has 1 heterocycles. The highest BCUT2D eigenvalue weighted by Gasteiger charge is 2.18. The van der Waals surface area contributed by atoms with Crippen LogP contribution in [0.4, 0.5) is 15.2 Å². The van der Waals surface area contributed by atoms with Crippen molar-refractivity contribution in [3.05, 3.63) is 71.0 Å². The summed E-state index contributed by atoms with van der Waals surface area (Å²) in [5, 5.41) is 2.22. The summed E-state index contributed by atoms with van der Waals surface area (Å²) in [6.07, 6.45) is -0.0680. The summed E-state index contributed by atoms with van der Waals surface area (Å²) < 4.78 is 23.8. The Hall–Kier alpha value is -3.26. The van der Waals surface area contributed by atoms with Crippen molar-refractivity contribution in [3.63, 3.8) is 0 Å². The van der Waals surface area contributed by atoms with E-state index in [1.807, 2.05) is 30.3 Å². The number of rotatable bonds is 7. The number of halogens is 1. The fourth-order valence-corrected chi connectivity index (χ4v) is 3.53. The number of carbonyl (C=O) groups excluding carboxylic acids is 2. The van der Waals surface area contributed by atoms with Crippen LogP contribution in [0.25, 0.3) is 0 Å². The van der Waals surface area contributed by atoms with Crippen molar-refractivity contribution in [2.45, 2.75) is 20.0 Å². The summed E-state index contributed by atoms with van der Waals surface area (Å²) in [5.74, 6) is -1.09. The van der Waals surface area contributed by atoms with E-state index < -0.39 is 11.8 Å². The highest BCUT2D eigenvalue weighted by atomic mass is 32.1. The highest BCUT2D eigenvalue weighted by molar-refractivity contribution is 7.14. The van der Waals surface area contributed by atoms with Gasteiger partial charge in [0.25, 0.3) is 0 Å². The van der Waals surface area contributed by atoms with Crippen LogP contribution in [0.2, 0.25) is 0 Å². The van der Waals surface area contributed by atoms with Crippen LogP contribution in [0.5, 0.6) is 5.75 Å². The van der Waals surface area contributed by atoms with Crippen LogP contribution in [0.15, 0.2) is 53.9 Å². The molecule has 3 rings (SSSR count). The molecule has 6 nitrogen and oxygen atoms in total. The van der Waals surface area contributed by atoms with Gasteiger partial charge in [-0.25, -0.2) is 9.37 Å². The number of esters is 1. The topological polar surface area (TPSA) is 68.7 Å². The molecule has 0 radical (unpaired) electrons. The third-order valence-corrected chi connectivity index (χ3v) is 4.88. The molecule has 0 saturated carbocycles. The number of para-hydroxylation sites is 1. The van der Waals surface area contributed by atoms with Crippen LogP contribution >= 0.6 is 11.3 Å². The summed E-state index contributed by atoms with van der Waals surface area (Å²) >= 11 is 1.28. The molecular formula is C21H19FN2O4S. The molecule has 3 aromatic rings. The summed E-state index contributed by atoms with van der Waals surface area (Å²) in [7, 11) is 1.37. The molecule has 29 heavy (non-hydrogen) atoms. The van der Waals surface area contributed by atoms with Crippen molar-refractivity contribution >= 4 is 34.0 Å². The first kappa shape index (κ1) is 20.5. The summed E-state index contributed by atoms with van der Waals surface area (Å²) in [6.45, 7) is 1.43. The summed E-state index contributed by atoms with van der Waals surface area (Å²) in [4.78, 5) is 30.0. The second-order valence-corrected chi connectivity index (χ2v) is 6.95. The summed E-state index contributed by atoms with van der Waals surface area (Å²) in [5.41, 5.74) is 1.72. The lowest BCUT2D eigenvalue weighted by Crippen LogP contribution is -2.22. The van der Waals surface area contributed by atoms with Crippen LogP contribution in [-0.2, 0) is 27.4 Å². The molecular weight excluding hydrogens is 395 g/mol. The van der Waals surface area contributed by atoms with Crippen molar-refractivity contribution in [2.75, 3.05) is 12.0 Å². The van der Waals surface area contributed by atoms with Crippen molar-refractivity contribution in [3.8, 4) is 5.75 Å². The van der Waals surface area contributed by atoms with Crippen LogP contribution in [-0.4, -0.2) is 24.0 Å². The molecule has 150 valence electrons. The Morgan fingerprint density at radius 2 is 1.93 bits per heavy atom. The Morgan fingerprint density at radius 1 is 1.17 bits per heavy atom. The van der Waals surface area contributed by atoms with Gasteiger partial charge in [0.2, 0.25) is 5.91 Å². The largest absolute Gasteiger partial charge is 0.494 e. The molecule has 0 N–H and O–H groups in total. The van der Waals surface area contributed by atoms with E-state index in [0.717, 1.165) is 0 Å². The van der Waals surface area contributed by atoms with Gasteiger partial charge in [0.05, 0.1) is 24.9 Å². The number of anilines is 2. The Kier molecular flexibility index (Phi) is 6.56. The zero-order chi connectivity index (χ0) is 20.8. The van der Waals surface area contributed by atoms with E-state index in [-0.39, 0.29) is 24.7 Å². The van der Waals surface area contributed by atoms with Crippen molar-refractivity contribution < 1.29 is 23.5 Å². The van der Waals surface area contributed by atoms with E-state index in [0.29, 0.717) is 22.1 Å². The lowest BCUT2D eigenvalue weighted by molar-refractivity contribution is -0.144. The molecule has 0 fully saturated rings. The highest BCUT2D eigenvalue weighted by Crippen LogP contribution is 2.29. The van der Waals surface area contributed by atoms with Gasteiger partial charge in [0.1, 0.15) is 6.61 Å². The molecule has 0 spiro atoms. The minimum atomic E-state index is -0.535. The second kappa shape index (κ2) is 9.29. The average molecular weight is 414 g/mol. The van der Waals surface area contributed by atoms with E-state index in [9.17, 15) is 14.0 Å². The predicted molar refractivity (Wildman–Crippen MR) is 108 cm³/mol. The zero-order valence-corrected chi connectivity index (χ0v) is 16.7. The Labute approximate surface area is 171 Å². The number of carbonyl (C=O) groups is 2. The molecule has 1 amide bonds. The van der Waals surface area contributed by atoms with Crippen molar-refractivity contribution in [1.82, 2.24) is 4.98 Å². The molecule has 0 aliphatic rings. The fourth-order valence-electron chi connectivity index (χ4n) is 2.66. The summed E-state index contributed by atoms with van der Waals surface area (Å²) in [6, 6.07) is 13.5. The Morgan fingerprint density at radius 3 is 2.59 bits per heavy atom. The lowest BCUT2D eigenvalue weighted by Gasteiger charge is -2.17. The van der Waals surface area contributed by atoms with Gasteiger partial charge in [-0.1, -0.05) is 24.3 Å². The predicted octanol–water partition coefficient (Wildman–Crippen LogP) is 4.26. The average Bonchev–Trinajstić information content (AvgIpc) is 3.15. The first-order valence-electron chi connectivity index (χ1n) is 8.76. The molecule has 0 atom stereocenters. The third kappa shape index (κ3) is 5.17.